The van der Waals surface area contributed by atoms with Crippen molar-refractivity contribution in [3.63, 3.8) is 0 Å². The zero-order chi connectivity index (χ0) is 12.6. The second kappa shape index (κ2) is 7.62. The fourth-order valence-corrected chi connectivity index (χ4v) is 2.98. The quantitative estimate of drug-likeness (QED) is 0.627. The lowest BCUT2D eigenvalue weighted by atomic mass is 10.3. The first kappa shape index (κ1) is 15.4. The van der Waals surface area contributed by atoms with Crippen molar-refractivity contribution < 1.29 is 18.3 Å². The summed E-state index contributed by atoms with van der Waals surface area (Å²) in [5, 5.41) is 8.64. The number of aliphatic carboxylic acids is 1. The van der Waals surface area contributed by atoms with Crippen LogP contribution < -0.4 is 0 Å². The number of unbranched alkanes of at least 4 members (excludes halogenated alkanes) is 2. The van der Waals surface area contributed by atoms with Crippen LogP contribution in [0.3, 0.4) is 0 Å². The monoisotopic (exact) mass is 251 g/mol. The number of sulfonamides is 1. The highest BCUT2D eigenvalue weighted by Crippen LogP contribution is 2.07. The summed E-state index contributed by atoms with van der Waals surface area (Å²) >= 11 is 0. The normalized spacial score (nSPS) is 11.9. The third-order valence-corrected chi connectivity index (χ3v) is 4.09. The second-order valence-electron chi connectivity index (χ2n) is 3.75. The third kappa shape index (κ3) is 6.07. The van der Waals surface area contributed by atoms with Gasteiger partial charge in [-0.25, -0.2) is 8.42 Å². The summed E-state index contributed by atoms with van der Waals surface area (Å²) in [6.45, 7) is 3.67. The zero-order valence-electron chi connectivity index (χ0n) is 9.98. The summed E-state index contributed by atoms with van der Waals surface area (Å²) in [7, 11) is -3.40. The highest BCUT2D eigenvalue weighted by molar-refractivity contribution is 7.89. The van der Waals surface area contributed by atoms with Gasteiger partial charge in [-0.2, -0.15) is 4.31 Å². The van der Waals surface area contributed by atoms with Crippen LogP contribution in [0.1, 0.15) is 39.5 Å². The number of rotatable bonds is 9. The van der Waals surface area contributed by atoms with E-state index in [-0.39, 0.29) is 12.3 Å². The van der Waals surface area contributed by atoms with Gasteiger partial charge in [0.1, 0.15) is 6.54 Å². The molecule has 0 unspecified atom stereocenters. The van der Waals surface area contributed by atoms with E-state index < -0.39 is 22.5 Å². The van der Waals surface area contributed by atoms with Crippen molar-refractivity contribution in [2.24, 2.45) is 0 Å². The Morgan fingerprint density at radius 1 is 1.19 bits per heavy atom. The van der Waals surface area contributed by atoms with E-state index in [1.54, 1.807) is 0 Å². The van der Waals surface area contributed by atoms with E-state index in [4.69, 9.17) is 5.11 Å². The Morgan fingerprint density at radius 2 is 1.81 bits per heavy atom. The molecule has 0 amide bonds. The van der Waals surface area contributed by atoms with Crippen LogP contribution in [0.5, 0.6) is 0 Å². The van der Waals surface area contributed by atoms with Gasteiger partial charge >= 0.3 is 5.97 Å². The molecule has 0 aromatic carbocycles. The van der Waals surface area contributed by atoms with Gasteiger partial charge in [-0.15, -0.1) is 0 Å². The number of carbonyl (C=O) groups is 1. The Balaban J connectivity index is 4.43. The summed E-state index contributed by atoms with van der Waals surface area (Å²) in [5.74, 6) is -1.05. The molecule has 0 rings (SSSR count). The summed E-state index contributed by atoms with van der Waals surface area (Å²) in [6.07, 6.45) is 3.02. The van der Waals surface area contributed by atoms with Crippen LogP contribution in [0.25, 0.3) is 0 Å². The van der Waals surface area contributed by atoms with Gasteiger partial charge in [-0.1, -0.05) is 26.7 Å². The van der Waals surface area contributed by atoms with Gasteiger partial charge in [0.2, 0.25) is 10.0 Å². The van der Waals surface area contributed by atoms with Crippen LogP contribution in [-0.2, 0) is 14.8 Å². The molecule has 0 aliphatic rings. The number of hydrogen-bond donors (Lipinski definition) is 1. The molecule has 0 spiro atoms. The molecule has 16 heavy (non-hydrogen) atoms. The minimum atomic E-state index is -3.40. The molecule has 6 heteroatoms. The van der Waals surface area contributed by atoms with Crippen molar-refractivity contribution in [1.82, 2.24) is 4.31 Å². The topological polar surface area (TPSA) is 74.7 Å². The lowest BCUT2D eigenvalue weighted by Crippen LogP contribution is -2.37. The van der Waals surface area contributed by atoms with Gasteiger partial charge in [0.25, 0.3) is 0 Å². The molecular weight excluding hydrogens is 230 g/mol. The molecule has 0 saturated heterocycles. The molecule has 0 radical (unpaired) electrons. The van der Waals surface area contributed by atoms with Gasteiger partial charge in [-0.05, 0) is 12.8 Å². The standard InChI is InChI=1S/C10H21NO4S/c1-3-5-6-8-16(14,15)11(7-4-2)9-10(12)13/h3-9H2,1-2H3,(H,12,13). The average molecular weight is 251 g/mol. The van der Waals surface area contributed by atoms with E-state index in [1.807, 2.05) is 13.8 Å². The Bertz CT molecular complexity index is 300. The highest BCUT2D eigenvalue weighted by atomic mass is 32.2. The van der Waals surface area contributed by atoms with Gasteiger partial charge in [-0.3, -0.25) is 4.79 Å². The molecule has 0 atom stereocenters. The first-order chi connectivity index (χ1) is 7.44. The Hall–Kier alpha value is -0.620. The zero-order valence-corrected chi connectivity index (χ0v) is 10.8. The van der Waals surface area contributed by atoms with E-state index >= 15 is 0 Å². The molecule has 0 fully saturated rings. The van der Waals surface area contributed by atoms with E-state index in [2.05, 4.69) is 0 Å². The fraction of sp³-hybridized carbons (Fsp3) is 0.900. The maximum atomic E-state index is 11.8. The van der Waals surface area contributed by atoms with E-state index in [1.165, 1.54) is 0 Å². The summed E-state index contributed by atoms with van der Waals surface area (Å²) < 4.78 is 24.6. The largest absolute Gasteiger partial charge is 0.480 e. The Kier molecular flexibility index (Phi) is 7.33. The van der Waals surface area contributed by atoms with Crippen molar-refractivity contribution in [3.05, 3.63) is 0 Å². The predicted octanol–water partition coefficient (Wildman–Crippen LogP) is 1.30. The smallest absolute Gasteiger partial charge is 0.318 e. The molecular formula is C10H21NO4S. The van der Waals surface area contributed by atoms with E-state index in [0.717, 1.165) is 17.1 Å². The van der Waals surface area contributed by atoms with Gasteiger partial charge in [0.15, 0.2) is 0 Å². The van der Waals surface area contributed by atoms with Crippen LogP contribution in [0.4, 0.5) is 0 Å². The number of nitrogens with zero attached hydrogens (tertiary/aromatic N) is 1. The second-order valence-corrected chi connectivity index (χ2v) is 5.84. The van der Waals surface area contributed by atoms with Crippen molar-refractivity contribution in [2.45, 2.75) is 39.5 Å². The Labute approximate surface area is 97.5 Å². The molecule has 0 aromatic heterocycles. The first-order valence-electron chi connectivity index (χ1n) is 5.63. The van der Waals surface area contributed by atoms with Gasteiger partial charge < -0.3 is 5.11 Å². The minimum absolute atomic E-state index is 0.0497. The molecule has 0 bridgehead atoms. The van der Waals surface area contributed by atoms with Crippen LogP contribution in [-0.4, -0.2) is 42.6 Å². The molecule has 0 saturated carbocycles. The van der Waals surface area contributed by atoms with Crippen LogP contribution in [0, 0.1) is 0 Å². The maximum absolute atomic E-state index is 11.8. The van der Waals surface area contributed by atoms with Crippen molar-refractivity contribution in [2.75, 3.05) is 18.8 Å². The predicted molar refractivity (Wildman–Crippen MR) is 62.8 cm³/mol. The first-order valence-corrected chi connectivity index (χ1v) is 7.24. The van der Waals surface area contributed by atoms with Gasteiger partial charge in [0, 0.05) is 6.54 Å². The lowest BCUT2D eigenvalue weighted by molar-refractivity contribution is -0.137. The lowest BCUT2D eigenvalue weighted by Gasteiger charge is -2.19. The van der Waals surface area contributed by atoms with Crippen LogP contribution in [0.2, 0.25) is 0 Å². The SMILES string of the molecule is CCCCCS(=O)(=O)N(CCC)CC(=O)O. The molecule has 5 nitrogen and oxygen atoms in total. The van der Waals surface area contributed by atoms with Crippen LogP contribution >= 0.6 is 0 Å². The molecule has 0 heterocycles. The average Bonchev–Trinajstić information content (AvgIpc) is 2.16. The summed E-state index contributed by atoms with van der Waals surface area (Å²) in [4.78, 5) is 10.6. The van der Waals surface area contributed by atoms with Crippen LogP contribution in [0.15, 0.2) is 0 Å². The molecule has 1 N–H and O–H groups in total. The number of carboxylic acid groups (broad SMARTS) is 1. The van der Waals surface area contributed by atoms with Gasteiger partial charge in [0.05, 0.1) is 5.75 Å². The van der Waals surface area contributed by atoms with Crippen molar-refractivity contribution >= 4 is 16.0 Å². The summed E-state index contributed by atoms with van der Waals surface area (Å²) in [5.41, 5.74) is 0. The Morgan fingerprint density at radius 3 is 2.25 bits per heavy atom. The van der Waals surface area contributed by atoms with Crippen molar-refractivity contribution in [3.8, 4) is 0 Å². The molecule has 0 aliphatic heterocycles. The minimum Gasteiger partial charge on any atom is -0.480 e. The fourth-order valence-electron chi connectivity index (χ4n) is 1.38. The van der Waals surface area contributed by atoms with Crippen molar-refractivity contribution in [1.29, 1.82) is 0 Å². The maximum Gasteiger partial charge on any atom is 0.318 e. The number of hydrogen-bond acceptors (Lipinski definition) is 3. The summed E-state index contributed by atoms with van der Waals surface area (Å²) in [6, 6.07) is 0. The molecule has 0 aliphatic carbocycles. The molecule has 96 valence electrons. The third-order valence-electron chi connectivity index (χ3n) is 2.18. The number of carboxylic acids is 1. The molecule has 0 aromatic rings. The van der Waals surface area contributed by atoms with E-state index in [0.29, 0.717) is 12.8 Å². The highest BCUT2D eigenvalue weighted by Gasteiger charge is 2.22. The van der Waals surface area contributed by atoms with E-state index in [9.17, 15) is 13.2 Å².